The summed E-state index contributed by atoms with van der Waals surface area (Å²) in [5.41, 5.74) is 2.89. The van der Waals surface area contributed by atoms with E-state index >= 15 is 0 Å². The first-order valence-electron chi connectivity index (χ1n) is 12.8. The van der Waals surface area contributed by atoms with Crippen molar-refractivity contribution in [3.05, 3.63) is 72.3 Å². The molecule has 0 fully saturated rings. The van der Waals surface area contributed by atoms with E-state index in [9.17, 15) is 18.0 Å². The molecule has 1 aliphatic heterocycles. The number of amidine groups is 1. The van der Waals surface area contributed by atoms with E-state index in [1.165, 1.54) is 6.08 Å². The Labute approximate surface area is 247 Å². The molecule has 2 aromatic carbocycles. The highest BCUT2D eigenvalue weighted by Gasteiger charge is 2.22. The zero-order valence-electron chi connectivity index (χ0n) is 24.0. The quantitative estimate of drug-likeness (QED) is 0.197. The molecule has 0 radical (unpaired) electrons. The average Bonchev–Trinajstić information content (AvgIpc) is 3.46. The Kier molecular flexibility index (Phi) is 16.4. The SMILES string of the molecule is C=CC(=NC(C)=NCC1CC(c2ccc(OCCO)cc2)=NO1)C(=O)NCc1ccc(OC)cc1.CC(F)(F)F.O=CO. The van der Waals surface area contributed by atoms with Gasteiger partial charge in [0.2, 0.25) is 0 Å². The highest BCUT2D eigenvalue weighted by molar-refractivity contribution is 6.44. The maximum atomic E-state index is 12.5. The number of aliphatic hydroxyl groups excluding tert-OH is 1. The van der Waals surface area contributed by atoms with Crippen molar-refractivity contribution in [3.8, 4) is 11.5 Å². The standard InChI is InChI=1S/C26H30N4O5.C2H3F3.CH2O2/c1-4-24(26(32)28-16-19-5-9-21(33-3)10-6-19)29-18(2)27-17-23-15-25(30-35-23)20-7-11-22(12-8-20)34-14-13-31;1-2(3,4)5;2-1-3/h4-12,23,31H,1,13-17H2,2-3H3,(H,28,32);1H3;1H,(H,2,3). The summed E-state index contributed by atoms with van der Waals surface area (Å²) in [7, 11) is 1.61. The zero-order chi connectivity index (χ0) is 32.3. The lowest BCUT2D eigenvalue weighted by atomic mass is 10.1. The number of carbonyl (C=O) groups is 2. The van der Waals surface area contributed by atoms with Crippen LogP contribution in [-0.4, -0.2) is 79.0 Å². The Morgan fingerprint density at radius 2 is 1.77 bits per heavy atom. The van der Waals surface area contributed by atoms with Gasteiger partial charge in [0.1, 0.15) is 29.7 Å². The molecule has 1 heterocycles. The topological polar surface area (TPSA) is 151 Å². The van der Waals surface area contributed by atoms with Crippen LogP contribution in [0.2, 0.25) is 0 Å². The number of aliphatic imine (C=N–C) groups is 2. The van der Waals surface area contributed by atoms with Gasteiger partial charge in [0, 0.05) is 19.9 Å². The minimum atomic E-state index is -4.00. The van der Waals surface area contributed by atoms with Crippen molar-refractivity contribution in [1.82, 2.24) is 5.32 Å². The summed E-state index contributed by atoms with van der Waals surface area (Å²) >= 11 is 0. The minimum Gasteiger partial charge on any atom is -0.497 e. The van der Waals surface area contributed by atoms with Gasteiger partial charge in [-0.2, -0.15) is 13.2 Å². The second kappa shape index (κ2) is 19.4. The number of carboxylic acid groups (broad SMARTS) is 1. The molecule has 1 aliphatic rings. The molecule has 14 heteroatoms. The van der Waals surface area contributed by atoms with Gasteiger partial charge in [0.25, 0.3) is 12.4 Å². The molecule has 234 valence electrons. The van der Waals surface area contributed by atoms with Crippen LogP contribution in [0.15, 0.2) is 76.3 Å². The lowest BCUT2D eigenvalue weighted by Gasteiger charge is -2.07. The lowest BCUT2D eigenvalue weighted by molar-refractivity contribution is -0.123. The fourth-order valence-corrected chi connectivity index (χ4v) is 3.25. The summed E-state index contributed by atoms with van der Waals surface area (Å²) in [5, 5.41) is 22.7. The summed E-state index contributed by atoms with van der Waals surface area (Å²) in [4.78, 5) is 35.1. The van der Waals surface area contributed by atoms with Gasteiger partial charge < -0.3 is 29.8 Å². The number of hydrogen-bond acceptors (Lipinski definition) is 8. The molecule has 0 saturated heterocycles. The van der Waals surface area contributed by atoms with Crippen LogP contribution in [0.25, 0.3) is 0 Å². The number of aliphatic hydroxyl groups is 1. The van der Waals surface area contributed by atoms with E-state index < -0.39 is 6.18 Å². The van der Waals surface area contributed by atoms with Crippen molar-refractivity contribution >= 4 is 29.6 Å². The molecule has 43 heavy (non-hydrogen) atoms. The lowest BCUT2D eigenvalue weighted by Crippen LogP contribution is -2.30. The van der Waals surface area contributed by atoms with Crippen LogP contribution in [0, 0.1) is 0 Å². The van der Waals surface area contributed by atoms with Crippen molar-refractivity contribution in [3.63, 3.8) is 0 Å². The Bertz CT molecular complexity index is 1240. The highest BCUT2D eigenvalue weighted by atomic mass is 19.4. The molecule has 0 aromatic heterocycles. The molecule has 3 N–H and O–H groups in total. The van der Waals surface area contributed by atoms with E-state index in [2.05, 4.69) is 27.0 Å². The Hall–Kier alpha value is -4.72. The van der Waals surface area contributed by atoms with E-state index in [0.29, 0.717) is 31.1 Å². The number of benzene rings is 2. The molecular weight excluding hydrogens is 573 g/mol. The summed E-state index contributed by atoms with van der Waals surface area (Å²) < 4.78 is 41.6. The predicted molar refractivity (Wildman–Crippen MR) is 156 cm³/mol. The van der Waals surface area contributed by atoms with E-state index in [1.54, 1.807) is 14.0 Å². The number of amides is 1. The molecule has 0 aliphatic carbocycles. The third-order valence-corrected chi connectivity index (χ3v) is 5.12. The summed E-state index contributed by atoms with van der Waals surface area (Å²) in [6.45, 7) is 6.29. The van der Waals surface area contributed by atoms with Crippen LogP contribution in [0.1, 0.15) is 31.4 Å². The van der Waals surface area contributed by atoms with Gasteiger partial charge in [0.05, 0.1) is 26.0 Å². The summed E-state index contributed by atoms with van der Waals surface area (Å²) in [6.07, 6.45) is -2.20. The number of alkyl halides is 3. The third kappa shape index (κ3) is 15.7. The first kappa shape index (κ1) is 36.3. The Morgan fingerprint density at radius 3 is 2.30 bits per heavy atom. The van der Waals surface area contributed by atoms with Gasteiger partial charge >= 0.3 is 6.18 Å². The monoisotopic (exact) mass is 608 g/mol. The predicted octanol–water partition coefficient (Wildman–Crippen LogP) is 4.19. The molecule has 1 unspecified atom stereocenters. The first-order valence-corrected chi connectivity index (χ1v) is 12.8. The second-order valence-electron chi connectivity index (χ2n) is 8.57. The molecule has 0 saturated carbocycles. The van der Waals surface area contributed by atoms with Crippen LogP contribution < -0.4 is 14.8 Å². The fraction of sp³-hybridized carbons (Fsp3) is 0.345. The van der Waals surface area contributed by atoms with Gasteiger partial charge in [-0.05, 0) is 60.5 Å². The largest absolute Gasteiger partial charge is 0.497 e. The normalized spacial score (nSPS) is 14.5. The number of oxime groups is 1. The van der Waals surface area contributed by atoms with E-state index in [-0.39, 0.29) is 44.3 Å². The van der Waals surface area contributed by atoms with Gasteiger partial charge in [-0.1, -0.05) is 23.9 Å². The number of nitrogens with zero attached hydrogens (tertiary/aromatic N) is 3. The van der Waals surface area contributed by atoms with Crippen LogP contribution in [0.3, 0.4) is 0 Å². The van der Waals surface area contributed by atoms with Crippen LogP contribution in [0.5, 0.6) is 11.5 Å². The fourth-order valence-electron chi connectivity index (χ4n) is 3.25. The number of halogens is 3. The highest BCUT2D eigenvalue weighted by Crippen LogP contribution is 2.20. The maximum absolute atomic E-state index is 12.5. The Morgan fingerprint density at radius 1 is 1.19 bits per heavy atom. The first-order chi connectivity index (χ1) is 20.4. The molecule has 11 nitrogen and oxygen atoms in total. The average molecular weight is 609 g/mol. The zero-order valence-corrected chi connectivity index (χ0v) is 24.0. The molecule has 2 aromatic rings. The second-order valence-corrected chi connectivity index (χ2v) is 8.57. The van der Waals surface area contributed by atoms with Crippen molar-refractivity contribution in [2.24, 2.45) is 15.1 Å². The van der Waals surface area contributed by atoms with E-state index in [4.69, 9.17) is 29.3 Å². The number of ether oxygens (including phenoxy) is 2. The van der Waals surface area contributed by atoms with Crippen molar-refractivity contribution < 1.29 is 47.3 Å². The smallest absolute Gasteiger partial charge is 0.386 e. The molecule has 0 spiro atoms. The van der Waals surface area contributed by atoms with Crippen molar-refractivity contribution in [2.75, 3.05) is 26.9 Å². The Balaban J connectivity index is 0.00000103. The number of hydrogen-bond donors (Lipinski definition) is 3. The minimum absolute atomic E-state index is 0.0311. The van der Waals surface area contributed by atoms with Crippen LogP contribution in [0.4, 0.5) is 13.2 Å². The van der Waals surface area contributed by atoms with Gasteiger partial charge in [-0.3, -0.25) is 14.6 Å². The number of rotatable bonds is 11. The van der Waals surface area contributed by atoms with Gasteiger partial charge in [-0.15, -0.1) is 0 Å². The third-order valence-electron chi connectivity index (χ3n) is 5.12. The summed E-state index contributed by atoms with van der Waals surface area (Å²) in [5.74, 6) is 1.55. The molecule has 0 bridgehead atoms. The number of nitrogens with one attached hydrogen (secondary N) is 1. The van der Waals surface area contributed by atoms with Crippen LogP contribution >= 0.6 is 0 Å². The van der Waals surface area contributed by atoms with E-state index in [0.717, 1.165) is 22.6 Å². The molecule has 1 amide bonds. The molecule has 3 rings (SSSR count). The van der Waals surface area contributed by atoms with E-state index in [1.807, 2.05) is 48.5 Å². The van der Waals surface area contributed by atoms with Crippen LogP contribution in [-0.2, 0) is 21.0 Å². The molecular formula is C29H35F3N4O7. The number of carbonyl (C=O) groups excluding carboxylic acids is 1. The number of methoxy groups -OCH3 is 1. The van der Waals surface area contributed by atoms with Gasteiger partial charge in [-0.25, -0.2) is 4.99 Å². The summed E-state index contributed by atoms with van der Waals surface area (Å²) in [6, 6.07) is 14.9. The molecule has 1 atom stereocenters. The van der Waals surface area contributed by atoms with Gasteiger partial charge in [0.15, 0.2) is 6.10 Å². The van der Waals surface area contributed by atoms with Crippen molar-refractivity contribution in [2.45, 2.75) is 39.1 Å². The van der Waals surface area contributed by atoms with Crippen molar-refractivity contribution in [1.29, 1.82) is 0 Å². The maximum Gasteiger partial charge on any atom is 0.386 e.